The standard InChI is InChI=1S/C13H15BrClNO/c1-8-3-2-4-12(8)16-13(17)9-5-6-10(14)11(15)7-9/h5-8,12H,2-4H2,1H3,(H,16,17). The molecule has 4 heteroatoms. The van der Waals surface area contributed by atoms with Gasteiger partial charge in [0.2, 0.25) is 0 Å². The van der Waals surface area contributed by atoms with Crippen LogP contribution in [0.15, 0.2) is 22.7 Å². The summed E-state index contributed by atoms with van der Waals surface area (Å²) in [7, 11) is 0. The van der Waals surface area contributed by atoms with Crippen molar-refractivity contribution in [3.05, 3.63) is 33.3 Å². The van der Waals surface area contributed by atoms with Crippen molar-refractivity contribution in [1.82, 2.24) is 5.32 Å². The molecule has 0 aromatic heterocycles. The second-order valence-corrected chi connectivity index (χ2v) is 5.88. The molecule has 0 saturated heterocycles. The van der Waals surface area contributed by atoms with Crippen LogP contribution in [0.5, 0.6) is 0 Å². The molecule has 1 aliphatic rings. The molecule has 0 aliphatic heterocycles. The van der Waals surface area contributed by atoms with Gasteiger partial charge in [-0.05, 0) is 52.9 Å². The number of nitrogens with one attached hydrogen (secondary N) is 1. The number of hydrogen-bond donors (Lipinski definition) is 1. The number of benzene rings is 1. The van der Waals surface area contributed by atoms with E-state index in [0.29, 0.717) is 22.5 Å². The van der Waals surface area contributed by atoms with Gasteiger partial charge in [-0.25, -0.2) is 0 Å². The highest BCUT2D eigenvalue weighted by Gasteiger charge is 2.25. The van der Waals surface area contributed by atoms with Crippen LogP contribution >= 0.6 is 27.5 Å². The quantitative estimate of drug-likeness (QED) is 0.877. The SMILES string of the molecule is CC1CCCC1NC(=O)c1ccc(Br)c(Cl)c1. The van der Waals surface area contributed by atoms with E-state index in [-0.39, 0.29) is 5.91 Å². The van der Waals surface area contributed by atoms with E-state index in [1.807, 2.05) is 0 Å². The fourth-order valence-electron chi connectivity index (χ4n) is 2.25. The van der Waals surface area contributed by atoms with Crippen molar-refractivity contribution in [1.29, 1.82) is 0 Å². The summed E-state index contributed by atoms with van der Waals surface area (Å²) in [5, 5.41) is 3.65. The summed E-state index contributed by atoms with van der Waals surface area (Å²) in [5.74, 6) is 0.544. The molecule has 1 aliphatic carbocycles. The average molecular weight is 317 g/mol. The summed E-state index contributed by atoms with van der Waals surface area (Å²) in [6, 6.07) is 5.59. The Morgan fingerprint density at radius 1 is 1.47 bits per heavy atom. The van der Waals surface area contributed by atoms with E-state index in [9.17, 15) is 4.79 Å². The van der Waals surface area contributed by atoms with Gasteiger partial charge < -0.3 is 5.32 Å². The first-order valence-electron chi connectivity index (χ1n) is 5.84. The molecule has 1 fully saturated rings. The lowest BCUT2D eigenvalue weighted by Gasteiger charge is -2.17. The third-order valence-electron chi connectivity index (χ3n) is 3.36. The topological polar surface area (TPSA) is 29.1 Å². The van der Waals surface area contributed by atoms with Crippen molar-refractivity contribution < 1.29 is 4.79 Å². The third kappa shape index (κ3) is 3.02. The Hall–Kier alpha value is -0.540. The van der Waals surface area contributed by atoms with Crippen LogP contribution in [0.3, 0.4) is 0 Å². The van der Waals surface area contributed by atoms with E-state index in [1.54, 1.807) is 18.2 Å². The molecule has 1 amide bonds. The van der Waals surface area contributed by atoms with Gasteiger partial charge >= 0.3 is 0 Å². The molecular weight excluding hydrogens is 302 g/mol. The molecule has 0 radical (unpaired) electrons. The fraction of sp³-hybridized carbons (Fsp3) is 0.462. The number of carbonyl (C=O) groups is 1. The van der Waals surface area contributed by atoms with E-state index < -0.39 is 0 Å². The number of halogens is 2. The predicted octanol–water partition coefficient (Wildman–Crippen LogP) is 4.02. The Morgan fingerprint density at radius 2 is 2.24 bits per heavy atom. The van der Waals surface area contributed by atoms with E-state index in [2.05, 4.69) is 28.2 Å². The van der Waals surface area contributed by atoms with Crippen LogP contribution in [-0.2, 0) is 0 Å². The van der Waals surface area contributed by atoms with Crippen LogP contribution in [0.4, 0.5) is 0 Å². The van der Waals surface area contributed by atoms with Crippen molar-refractivity contribution >= 4 is 33.4 Å². The van der Waals surface area contributed by atoms with Gasteiger partial charge in [0.1, 0.15) is 0 Å². The van der Waals surface area contributed by atoms with Gasteiger partial charge in [0.25, 0.3) is 5.91 Å². The molecule has 1 N–H and O–H groups in total. The van der Waals surface area contributed by atoms with Gasteiger partial charge in [-0.3, -0.25) is 4.79 Å². The first-order valence-corrected chi connectivity index (χ1v) is 7.01. The summed E-state index contributed by atoms with van der Waals surface area (Å²) in [4.78, 5) is 12.0. The minimum absolute atomic E-state index is 0.0295. The smallest absolute Gasteiger partial charge is 0.251 e. The first-order chi connectivity index (χ1) is 8.08. The maximum atomic E-state index is 12.0. The number of carbonyl (C=O) groups excluding carboxylic acids is 1. The Bertz CT molecular complexity index is 435. The van der Waals surface area contributed by atoms with Crippen molar-refractivity contribution in [2.75, 3.05) is 0 Å². The molecular formula is C13H15BrClNO. The fourth-order valence-corrected chi connectivity index (χ4v) is 2.68. The monoisotopic (exact) mass is 315 g/mol. The van der Waals surface area contributed by atoms with Gasteiger partial charge in [0, 0.05) is 16.1 Å². The maximum Gasteiger partial charge on any atom is 0.251 e. The zero-order valence-corrected chi connectivity index (χ0v) is 12.0. The molecule has 1 saturated carbocycles. The molecule has 92 valence electrons. The van der Waals surface area contributed by atoms with Crippen LogP contribution in [0.1, 0.15) is 36.5 Å². The summed E-state index contributed by atoms with van der Waals surface area (Å²) in [6.45, 7) is 2.19. The lowest BCUT2D eigenvalue weighted by molar-refractivity contribution is 0.0929. The molecule has 17 heavy (non-hydrogen) atoms. The number of rotatable bonds is 2. The van der Waals surface area contributed by atoms with Gasteiger partial charge in [0.05, 0.1) is 5.02 Å². The van der Waals surface area contributed by atoms with Gasteiger partial charge in [0.15, 0.2) is 0 Å². The minimum Gasteiger partial charge on any atom is -0.349 e. The molecule has 2 unspecified atom stereocenters. The van der Waals surface area contributed by atoms with Crippen LogP contribution in [0.2, 0.25) is 5.02 Å². The second-order valence-electron chi connectivity index (χ2n) is 4.62. The largest absolute Gasteiger partial charge is 0.349 e. The molecule has 2 nitrogen and oxygen atoms in total. The van der Waals surface area contributed by atoms with E-state index in [0.717, 1.165) is 10.9 Å². The summed E-state index contributed by atoms with van der Waals surface area (Å²) in [6.07, 6.45) is 3.48. The van der Waals surface area contributed by atoms with Crippen LogP contribution in [-0.4, -0.2) is 11.9 Å². The highest BCUT2D eigenvalue weighted by atomic mass is 79.9. The molecule has 0 heterocycles. The van der Waals surface area contributed by atoms with Crippen molar-refractivity contribution in [3.63, 3.8) is 0 Å². The Labute approximate surface area is 115 Å². The van der Waals surface area contributed by atoms with Gasteiger partial charge in [-0.2, -0.15) is 0 Å². The zero-order chi connectivity index (χ0) is 12.4. The Morgan fingerprint density at radius 3 is 2.82 bits per heavy atom. The summed E-state index contributed by atoms with van der Waals surface area (Å²) >= 11 is 9.29. The van der Waals surface area contributed by atoms with E-state index in [1.165, 1.54) is 12.8 Å². The third-order valence-corrected chi connectivity index (χ3v) is 4.59. The average Bonchev–Trinajstić information content (AvgIpc) is 2.68. The Kier molecular flexibility index (Phi) is 4.10. The van der Waals surface area contributed by atoms with Crippen LogP contribution in [0.25, 0.3) is 0 Å². The van der Waals surface area contributed by atoms with Crippen molar-refractivity contribution in [3.8, 4) is 0 Å². The molecule has 2 atom stereocenters. The first kappa shape index (κ1) is 12.9. The molecule has 0 spiro atoms. The minimum atomic E-state index is -0.0295. The number of hydrogen-bond acceptors (Lipinski definition) is 1. The van der Waals surface area contributed by atoms with Crippen molar-refractivity contribution in [2.24, 2.45) is 5.92 Å². The van der Waals surface area contributed by atoms with Crippen molar-refractivity contribution in [2.45, 2.75) is 32.2 Å². The lowest BCUT2D eigenvalue weighted by atomic mass is 10.1. The zero-order valence-electron chi connectivity index (χ0n) is 9.67. The second kappa shape index (κ2) is 5.40. The van der Waals surface area contributed by atoms with E-state index >= 15 is 0 Å². The van der Waals surface area contributed by atoms with Crippen LogP contribution < -0.4 is 5.32 Å². The van der Waals surface area contributed by atoms with Crippen LogP contribution in [0, 0.1) is 5.92 Å². The maximum absolute atomic E-state index is 12.0. The van der Waals surface area contributed by atoms with Gasteiger partial charge in [-0.15, -0.1) is 0 Å². The molecule has 0 bridgehead atoms. The highest BCUT2D eigenvalue weighted by Crippen LogP contribution is 2.26. The molecule has 1 aromatic rings. The predicted molar refractivity (Wildman–Crippen MR) is 73.4 cm³/mol. The molecule has 1 aromatic carbocycles. The molecule has 2 rings (SSSR count). The summed E-state index contributed by atoms with van der Waals surface area (Å²) < 4.78 is 0.810. The van der Waals surface area contributed by atoms with Gasteiger partial charge in [-0.1, -0.05) is 24.9 Å². The summed E-state index contributed by atoms with van der Waals surface area (Å²) in [5.41, 5.74) is 0.623. The van der Waals surface area contributed by atoms with E-state index in [4.69, 9.17) is 11.6 Å². The Balaban J connectivity index is 2.06. The normalized spacial score (nSPS) is 23.7. The number of amides is 1. The lowest BCUT2D eigenvalue weighted by Crippen LogP contribution is -2.36. The highest BCUT2D eigenvalue weighted by molar-refractivity contribution is 9.10.